The smallest absolute Gasteiger partial charge is 0.227 e. The SMILES string of the molecule is Cc1nc(NCC2C[C@H]3CC[C@@H](C2)N3)n2ncc(C(C)C)c2n1. The zero-order valence-electron chi connectivity index (χ0n) is 14.2. The second kappa shape index (κ2) is 5.74. The first kappa shape index (κ1) is 14.9. The number of hydrogen-bond acceptors (Lipinski definition) is 5. The maximum atomic E-state index is 4.59. The van der Waals surface area contributed by atoms with Crippen LogP contribution in [-0.4, -0.2) is 38.2 Å². The van der Waals surface area contributed by atoms with Gasteiger partial charge in [-0.2, -0.15) is 14.6 Å². The Morgan fingerprint density at radius 1 is 1.26 bits per heavy atom. The molecule has 2 aliphatic heterocycles. The zero-order valence-corrected chi connectivity index (χ0v) is 14.2. The van der Waals surface area contributed by atoms with Gasteiger partial charge in [-0.3, -0.25) is 0 Å². The molecule has 23 heavy (non-hydrogen) atoms. The van der Waals surface area contributed by atoms with Gasteiger partial charge in [0.15, 0.2) is 5.65 Å². The van der Waals surface area contributed by atoms with Crippen LogP contribution in [0.3, 0.4) is 0 Å². The fourth-order valence-electron chi connectivity index (χ4n) is 4.10. The Balaban J connectivity index is 1.54. The number of hydrogen-bond donors (Lipinski definition) is 2. The van der Waals surface area contributed by atoms with E-state index in [1.54, 1.807) is 0 Å². The molecule has 6 heteroatoms. The molecule has 0 aromatic carbocycles. The molecule has 6 nitrogen and oxygen atoms in total. The minimum Gasteiger partial charge on any atom is -0.354 e. The van der Waals surface area contributed by atoms with Crippen molar-refractivity contribution in [1.82, 2.24) is 24.9 Å². The molecular formula is C17H26N6. The van der Waals surface area contributed by atoms with E-state index in [4.69, 9.17) is 0 Å². The van der Waals surface area contributed by atoms with Crippen molar-refractivity contribution in [3.05, 3.63) is 17.6 Å². The molecule has 1 unspecified atom stereocenters. The molecule has 0 aliphatic carbocycles. The Labute approximate surface area is 137 Å². The molecule has 4 rings (SSSR count). The molecule has 124 valence electrons. The molecule has 0 saturated carbocycles. The summed E-state index contributed by atoms with van der Waals surface area (Å²) in [4.78, 5) is 9.16. The fourth-order valence-corrected chi connectivity index (χ4v) is 4.10. The van der Waals surface area contributed by atoms with Gasteiger partial charge in [0.25, 0.3) is 0 Å². The lowest BCUT2D eigenvalue weighted by Crippen LogP contribution is -2.40. The van der Waals surface area contributed by atoms with E-state index in [-0.39, 0.29) is 0 Å². The summed E-state index contributed by atoms with van der Waals surface area (Å²) in [5.41, 5.74) is 2.11. The Hall–Kier alpha value is -1.69. The maximum Gasteiger partial charge on any atom is 0.227 e. The minimum absolute atomic E-state index is 0.412. The second-order valence-electron chi connectivity index (χ2n) is 7.44. The van der Waals surface area contributed by atoms with Crippen LogP contribution in [0.5, 0.6) is 0 Å². The van der Waals surface area contributed by atoms with Gasteiger partial charge in [0.1, 0.15) is 5.82 Å². The summed E-state index contributed by atoms with van der Waals surface area (Å²) in [6, 6.07) is 1.45. The maximum absolute atomic E-state index is 4.59. The van der Waals surface area contributed by atoms with Gasteiger partial charge in [-0.05, 0) is 44.4 Å². The summed E-state index contributed by atoms with van der Waals surface area (Å²) in [6.45, 7) is 7.27. The molecule has 2 fully saturated rings. The highest BCUT2D eigenvalue weighted by atomic mass is 15.3. The van der Waals surface area contributed by atoms with Gasteiger partial charge in [0.2, 0.25) is 5.95 Å². The lowest BCUT2D eigenvalue weighted by Gasteiger charge is -2.29. The van der Waals surface area contributed by atoms with Crippen molar-refractivity contribution in [2.24, 2.45) is 5.92 Å². The average molecular weight is 314 g/mol. The number of rotatable bonds is 4. The van der Waals surface area contributed by atoms with E-state index in [1.807, 2.05) is 17.6 Å². The number of piperidine rings is 1. The third kappa shape index (κ3) is 2.80. The van der Waals surface area contributed by atoms with Gasteiger partial charge in [-0.1, -0.05) is 13.8 Å². The van der Waals surface area contributed by atoms with Crippen LogP contribution >= 0.6 is 0 Å². The van der Waals surface area contributed by atoms with Crippen molar-refractivity contribution in [3.63, 3.8) is 0 Å². The van der Waals surface area contributed by atoms with Crippen LogP contribution in [0.25, 0.3) is 5.65 Å². The third-order valence-electron chi connectivity index (χ3n) is 5.25. The van der Waals surface area contributed by atoms with Gasteiger partial charge in [0.05, 0.1) is 6.20 Å². The van der Waals surface area contributed by atoms with E-state index in [2.05, 4.69) is 39.5 Å². The molecule has 4 heterocycles. The quantitative estimate of drug-likeness (QED) is 0.907. The summed E-state index contributed by atoms with van der Waals surface area (Å²) in [5, 5.41) is 11.7. The van der Waals surface area contributed by atoms with Crippen molar-refractivity contribution >= 4 is 11.6 Å². The Bertz CT molecular complexity index is 694. The lowest BCUT2D eigenvalue weighted by molar-refractivity contribution is 0.310. The Kier molecular flexibility index (Phi) is 3.71. The van der Waals surface area contributed by atoms with Gasteiger partial charge in [0, 0.05) is 24.2 Å². The molecule has 2 aliphatic rings. The summed E-state index contributed by atoms with van der Waals surface area (Å²) in [6.07, 6.45) is 7.15. The van der Waals surface area contributed by atoms with Crippen LogP contribution in [0.2, 0.25) is 0 Å². The van der Waals surface area contributed by atoms with Crippen LogP contribution in [0, 0.1) is 12.8 Å². The van der Waals surface area contributed by atoms with Gasteiger partial charge in [-0.15, -0.1) is 0 Å². The zero-order chi connectivity index (χ0) is 16.0. The van der Waals surface area contributed by atoms with Crippen molar-refractivity contribution < 1.29 is 0 Å². The van der Waals surface area contributed by atoms with Crippen LogP contribution in [0.15, 0.2) is 6.20 Å². The van der Waals surface area contributed by atoms with E-state index in [1.165, 1.54) is 31.2 Å². The molecular weight excluding hydrogens is 288 g/mol. The van der Waals surface area contributed by atoms with Crippen LogP contribution in [-0.2, 0) is 0 Å². The monoisotopic (exact) mass is 314 g/mol. The van der Waals surface area contributed by atoms with Gasteiger partial charge >= 0.3 is 0 Å². The standard InChI is InChI=1S/C17H26N6/c1-10(2)15-9-19-23-16(15)20-11(3)21-17(23)18-8-12-6-13-4-5-14(7-12)22-13/h9-10,12-14,22H,4-8H2,1-3H3,(H,18,20,21)/t12?,13-,14+. The highest BCUT2D eigenvalue weighted by Gasteiger charge is 2.33. The number of fused-ring (bicyclic) bond motifs is 3. The molecule has 2 aromatic heterocycles. The normalized spacial score (nSPS) is 27.0. The highest BCUT2D eigenvalue weighted by Crippen LogP contribution is 2.31. The topological polar surface area (TPSA) is 67.1 Å². The van der Waals surface area contributed by atoms with Gasteiger partial charge in [-0.25, -0.2) is 4.98 Å². The first-order valence-corrected chi connectivity index (χ1v) is 8.82. The van der Waals surface area contributed by atoms with Crippen LogP contribution in [0.4, 0.5) is 5.95 Å². The summed E-state index contributed by atoms with van der Waals surface area (Å²) in [5.74, 6) is 2.76. The van der Waals surface area contributed by atoms with E-state index < -0.39 is 0 Å². The first-order chi connectivity index (χ1) is 11.1. The summed E-state index contributed by atoms with van der Waals surface area (Å²) in [7, 11) is 0. The van der Waals surface area contributed by atoms with E-state index in [0.717, 1.165) is 42.0 Å². The summed E-state index contributed by atoms with van der Waals surface area (Å²) < 4.78 is 1.86. The van der Waals surface area contributed by atoms with Crippen LogP contribution < -0.4 is 10.6 Å². The second-order valence-corrected chi connectivity index (χ2v) is 7.44. The molecule has 2 N–H and O–H groups in total. The summed E-state index contributed by atoms with van der Waals surface area (Å²) >= 11 is 0. The Morgan fingerprint density at radius 3 is 2.70 bits per heavy atom. The van der Waals surface area contributed by atoms with Gasteiger partial charge < -0.3 is 10.6 Å². The Morgan fingerprint density at radius 2 is 2.00 bits per heavy atom. The number of nitrogens with zero attached hydrogens (tertiary/aromatic N) is 4. The van der Waals surface area contributed by atoms with E-state index in [9.17, 15) is 0 Å². The van der Waals surface area contributed by atoms with Crippen molar-refractivity contribution in [3.8, 4) is 0 Å². The minimum atomic E-state index is 0.412. The van der Waals surface area contributed by atoms with E-state index >= 15 is 0 Å². The van der Waals surface area contributed by atoms with Crippen molar-refractivity contribution in [2.45, 2.75) is 64.5 Å². The molecule has 0 spiro atoms. The fraction of sp³-hybridized carbons (Fsp3) is 0.706. The van der Waals surface area contributed by atoms with Crippen LogP contribution in [0.1, 0.15) is 56.8 Å². The molecule has 0 amide bonds. The number of aromatic nitrogens is 4. The predicted molar refractivity (Wildman–Crippen MR) is 90.8 cm³/mol. The molecule has 0 radical (unpaired) electrons. The first-order valence-electron chi connectivity index (χ1n) is 8.82. The molecule has 2 aromatic rings. The number of aryl methyl sites for hydroxylation is 1. The molecule has 3 atom stereocenters. The molecule has 2 saturated heterocycles. The average Bonchev–Trinajstić information content (AvgIpc) is 3.08. The van der Waals surface area contributed by atoms with E-state index in [0.29, 0.717) is 5.92 Å². The number of nitrogens with one attached hydrogen (secondary N) is 2. The molecule has 2 bridgehead atoms. The third-order valence-corrected chi connectivity index (χ3v) is 5.25. The number of anilines is 1. The predicted octanol–water partition coefficient (Wildman–Crippen LogP) is 2.50. The largest absolute Gasteiger partial charge is 0.354 e. The lowest BCUT2D eigenvalue weighted by atomic mass is 9.92. The highest BCUT2D eigenvalue weighted by molar-refractivity contribution is 5.52. The van der Waals surface area contributed by atoms with Crippen molar-refractivity contribution in [1.29, 1.82) is 0 Å². The van der Waals surface area contributed by atoms with Crippen molar-refractivity contribution in [2.75, 3.05) is 11.9 Å².